The number of hydrogen-bond acceptors (Lipinski definition) is 3. The number of aromatic amines is 1. The number of rotatable bonds is 3. The standard InChI is InChI=1S/C13H15BrN4O/c1-7-5-11(14)8(2)4-10(7)13(19)17-9(3)12-15-6-16-18-12/h4-6,9H,1-3H3,(H,17,19)(H,15,16,18). The van der Waals surface area contributed by atoms with Crippen LogP contribution in [0.4, 0.5) is 0 Å². The van der Waals surface area contributed by atoms with E-state index in [0.717, 1.165) is 15.6 Å². The van der Waals surface area contributed by atoms with Crippen LogP contribution in [0.2, 0.25) is 0 Å². The first-order chi connectivity index (χ1) is 8.99. The van der Waals surface area contributed by atoms with Gasteiger partial charge in [-0.15, -0.1) is 0 Å². The summed E-state index contributed by atoms with van der Waals surface area (Å²) in [5.41, 5.74) is 2.63. The maximum Gasteiger partial charge on any atom is 0.252 e. The Morgan fingerprint density at radius 1 is 1.37 bits per heavy atom. The number of nitrogens with zero attached hydrogens (tertiary/aromatic N) is 2. The molecule has 5 nitrogen and oxygen atoms in total. The van der Waals surface area contributed by atoms with E-state index in [0.29, 0.717) is 11.4 Å². The molecule has 0 saturated heterocycles. The zero-order chi connectivity index (χ0) is 14.0. The summed E-state index contributed by atoms with van der Waals surface area (Å²) in [7, 11) is 0. The summed E-state index contributed by atoms with van der Waals surface area (Å²) in [5.74, 6) is 0.525. The second-order valence-corrected chi connectivity index (χ2v) is 5.34. The van der Waals surface area contributed by atoms with Gasteiger partial charge in [-0.1, -0.05) is 15.9 Å². The van der Waals surface area contributed by atoms with Gasteiger partial charge in [0, 0.05) is 10.0 Å². The predicted molar refractivity (Wildman–Crippen MR) is 75.9 cm³/mol. The van der Waals surface area contributed by atoms with Crippen LogP contribution in [0.1, 0.15) is 40.3 Å². The normalized spacial score (nSPS) is 12.2. The average molecular weight is 323 g/mol. The maximum absolute atomic E-state index is 12.2. The van der Waals surface area contributed by atoms with Crippen LogP contribution in [0, 0.1) is 13.8 Å². The number of aryl methyl sites for hydroxylation is 2. The van der Waals surface area contributed by atoms with Crippen molar-refractivity contribution in [1.82, 2.24) is 20.5 Å². The first-order valence-corrected chi connectivity index (χ1v) is 6.71. The highest BCUT2D eigenvalue weighted by atomic mass is 79.9. The molecule has 0 fully saturated rings. The van der Waals surface area contributed by atoms with E-state index in [4.69, 9.17) is 0 Å². The van der Waals surface area contributed by atoms with Gasteiger partial charge in [-0.3, -0.25) is 9.89 Å². The van der Waals surface area contributed by atoms with E-state index in [9.17, 15) is 4.79 Å². The summed E-state index contributed by atoms with van der Waals surface area (Å²) >= 11 is 3.46. The molecule has 0 bridgehead atoms. The van der Waals surface area contributed by atoms with Crippen LogP contribution in [0.15, 0.2) is 22.9 Å². The maximum atomic E-state index is 12.2. The second-order valence-electron chi connectivity index (χ2n) is 4.48. The molecule has 1 unspecified atom stereocenters. The molecule has 2 rings (SSSR count). The van der Waals surface area contributed by atoms with Gasteiger partial charge in [-0.25, -0.2) is 4.98 Å². The van der Waals surface area contributed by atoms with Gasteiger partial charge in [0.05, 0.1) is 6.04 Å². The van der Waals surface area contributed by atoms with Gasteiger partial charge in [0.15, 0.2) is 0 Å². The number of benzene rings is 1. The quantitative estimate of drug-likeness (QED) is 0.912. The van der Waals surface area contributed by atoms with E-state index in [-0.39, 0.29) is 11.9 Å². The number of hydrogen-bond donors (Lipinski definition) is 2. The topological polar surface area (TPSA) is 70.7 Å². The molecule has 0 aliphatic heterocycles. The third-order valence-electron chi connectivity index (χ3n) is 2.94. The van der Waals surface area contributed by atoms with E-state index in [1.807, 2.05) is 32.9 Å². The molecule has 0 spiro atoms. The number of carbonyl (C=O) groups excluding carboxylic acids is 1. The summed E-state index contributed by atoms with van der Waals surface area (Å²) in [6, 6.07) is 3.61. The van der Waals surface area contributed by atoms with Gasteiger partial charge < -0.3 is 5.32 Å². The fraction of sp³-hybridized carbons (Fsp3) is 0.308. The van der Waals surface area contributed by atoms with Crippen LogP contribution in [-0.4, -0.2) is 21.1 Å². The second kappa shape index (κ2) is 5.52. The molecular formula is C13H15BrN4O. The van der Waals surface area contributed by atoms with Crippen LogP contribution >= 0.6 is 15.9 Å². The van der Waals surface area contributed by atoms with Crippen molar-refractivity contribution in [2.45, 2.75) is 26.8 Å². The SMILES string of the molecule is Cc1cc(C(=O)NC(C)c2ncn[nH]2)c(C)cc1Br. The summed E-state index contributed by atoms with van der Waals surface area (Å²) in [6.07, 6.45) is 1.42. The molecule has 1 aromatic carbocycles. The third-order valence-corrected chi connectivity index (χ3v) is 3.80. The van der Waals surface area contributed by atoms with Crippen LogP contribution in [0.25, 0.3) is 0 Å². The number of amides is 1. The van der Waals surface area contributed by atoms with E-state index >= 15 is 0 Å². The molecule has 2 N–H and O–H groups in total. The first-order valence-electron chi connectivity index (χ1n) is 5.92. The van der Waals surface area contributed by atoms with Crippen molar-refractivity contribution >= 4 is 21.8 Å². The minimum absolute atomic E-state index is 0.114. The summed E-state index contributed by atoms with van der Waals surface area (Å²) in [4.78, 5) is 16.3. The largest absolute Gasteiger partial charge is 0.342 e. The smallest absolute Gasteiger partial charge is 0.252 e. The number of halogens is 1. The monoisotopic (exact) mass is 322 g/mol. The van der Waals surface area contributed by atoms with Crippen molar-refractivity contribution in [1.29, 1.82) is 0 Å². The third kappa shape index (κ3) is 3.01. The van der Waals surface area contributed by atoms with Crippen LogP contribution in [-0.2, 0) is 0 Å². The van der Waals surface area contributed by atoms with E-state index in [1.165, 1.54) is 6.33 Å². The molecule has 6 heteroatoms. The molecule has 0 aliphatic carbocycles. The molecule has 100 valence electrons. The van der Waals surface area contributed by atoms with Crippen molar-refractivity contribution in [2.24, 2.45) is 0 Å². The number of aromatic nitrogens is 3. The molecule has 0 aliphatic rings. The Hall–Kier alpha value is -1.69. The minimum atomic E-state index is -0.210. The predicted octanol–water partition coefficient (Wildman–Crippen LogP) is 2.68. The van der Waals surface area contributed by atoms with Gasteiger partial charge in [0.25, 0.3) is 5.91 Å². The summed E-state index contributed by atoms with van der Waals surface area (Å²) in [6.45, 7) is 5.73. The Morgan fingerprint density at radius 3 is 2.74 bits per heavy atom. The number of carbonyl (C=O) groups is 1. The van der Waals surface area contributed by atoms with Gasteiger partial charge in [-0.05, 0) is 44.0 Å². The Bertz CT molecular complexity index is 595. The lowest BCUT2D eigenvalue weighted by molar-refractivity contribution is 0.0937. The molecule has 0 radical (unpaired) electrons. The molecule has 1 heterocycles. The molecule has 1 aromatic heterocycles. The van der Waals surface area contributed by atoms with Crippen molar-refractivity contribution in [2.75, 3.05) is 0 Å². The molecule has 1 amide bonds. The highest BCUT2D eigenvalue weighted by molar-refractivity contribution is 9.10. The highest BCUT2D eigenvalue weighted by Gasteiger charge is 2.16. The van der Waals surface area contributed by atoms with Crippen LogP contribution in [0.3, 0.4) is 0 Å². The molecule has 19 heavy (non-hydrogen) atoms. The highest BCUT2D eigenvalue weighted by Crippen LogP contribution is 2.21. The van der Waals surface area contributed by atoms with E-state index in [1.54, 1.807) is 0 Å². The lowest BCUT2D eigenvalue weighted by atomic mass is 10.0. The fourth-order valence-corrected chi connectivity index (χ4v) is 2.25. The van der Waals surface area contributed by atoms with Gasteiger partial charge in [0.1, 0.15) is 12.2 Å². The summed E-state index contributed by atoms with van der Waals surface area (Å²) in [5, 5.41) is 9.42. The first kappa shape index (κ1) is 13.7. The Kier molecular flexibility index (Phi) is 3.99. The lowest BCUT2D eigenvalue weighted by Gasteiger charge is -2.13. The lowest BCUT2D eigenvalue weighted by Crippen LogP contribution is -2.28. The van der Waals surface area contributed by atoms with Crippen molar-refractivity contribution in [3.63, 3.8) is 0 Å². The van der Waals surface area contributed by atoms with Gasteiger partial charge in [-0.2, -0.15) is 5.10 Å². The number of H-pyrrole nitrogens is 1. The van der Waals surface area contributed by atoms with Crippen molar-refractivity contribution in [3.8, 4) is 0 Å². The Labute approximate surface area is 120 Å². The van der Waals surface area contributed by atoms with E-state index in [2.05, 4.69) is 36.4 Å². The Balaban J connectivity index is 2.19. The van der Waals surface area contributed by atoms with Crippen molar-refractivity contribution < 1.29 is 4.79 Å². The molecule has 2 aromatic rings. The molecular weight excluding hydrogens is 308 g/mol. The zero-order valence-corrected chi connectivity index (χ0v) is 12.6. The zero-order valence-electron chi connectivity index (χ0n) is 11.0. The summed E-state index contributed by atoms with van der Waals surface area (Å²) < 4.78 is 1.00. The van der Waals surface area contributed by atoms with Gasteiger partial charge >= 0.3 is 0 Å². The average Bonchev–Trinajstić information content (AvgIpc) is 2.87. The Morgan fingerprint density at radius 2 is 2.11 bits per heavy atom. The molecule has 1 atom stereocenters. The number of nitrogens with one attached hydrogen (secondary N) is 2. The fourth-order valence-electron chi connectivity index (χ4n) is 1.79. The van der Waals surface area contributed by atoms with Crippen molar-refractivity contribution in [3.05, 3.63) is 45.4 Å². The van der Waals surface area contributed by atoms with Gasteiger partial charge in [0.2, 0.25) is 0 Å². The van der Waals surface area contributed by atoms with Crippen LogP contribution < -0.4 is 5.32 Å². The minimum Gasteiger partial charge on any atom is -0.342 e. The van der Waals surface area contributed by atoms with E-state index < -0.39 is 0 Å². The van der Waals surface area contributed by atoms with Crippen LogP contribution in [0.5, 0.6) is 0 Å². The molecule has 0 saturated carbocycles.